The summed E-state index contributed by atoms with van der Waals surface area (Å²) >= 11 is 11.8. The van der Waals surface area contributed by atoms with Crippen LogP contribution in [-0.2, 0) is 22.0 Å². The molecule has 1 saturated heterocycles. The van der Waals surface area contributed by atoms with Crippen molar-refractivity contribution in [2.24, 2.45) is 7.05 Å². The number of ether oxygens (including phenoxy) is 1. The first-order valence-corrected chi connectivity index (χ1v) is 10.5. The van der Waals surface area contributed by atoms with Crippen LogP contribution in [0.1, 0.15) is 12.8 Å². The molecule has 0 saturated carbocycles. The molecule has 0 radical (unpaired) electrons. The number of aromatic nitrogens is 2. The Labute approximate surface area is 201 Å². The number of benzene rings is 1. The van der Waals surface area contributed by atoms with Crippen molar-refractivity contribution in [2.75, 3.05) is 22.8 Å². The fourth-order valence-electron chi connectivity index (χ4n) is 2.90. The first-order valence-electron chi connectivity index (χ1n) is 8.35. The number of amides is 2. The molecule has 1 aliphatic rings. The van der Waals surface area contributed by atoms with Gasteiger partial charge in [0.05, 0.1) is 11.9 Å². The second kappa shape index (κ2) is 10.3. The zero-order valence-corrected chi connectivity index (χ0v) is 20.2. The van der Waals surface area contributed by atoms with E-state index < -0.39 is 16.2 Å². The van der Waals surface area contributed by atoms with Gasteiger partial charge in [0.1, 0.15) is 0 Å². The van der Waals surface area contributed by atoms with Crippen LogP contribution in [0.25, 0.3) is 4.72 Å². The maximum absolute atomic E-state index is 12.9. The van der Waals surface area contributed by atoms with Crippen LogP contribution in [0.15, 0.2) is 30.6 Å². The molecule has 0 unspecified atom stereocenters. The SMILES string of the molecule is Cn1cc(N(C2CCOCC2)S(=O)(=O)[N-]C(=O)Nc2cc(Cl)cc(Cl)c2)cn1.[Na+]. The van der Waals surface area contributed by atoms with E-state index in [-0.39, 0.29) is 41.3 Å². The molecule has 13 heteroatoms. The van der Waals surface area contributed by atoms with E-state index in [2.05, 4.69) is 15.1 Å². The number of carbonyl (C=O) groups is 1. The maximum atomic E-state index is 12.9. The van der Waals surface area contributed by atoms with Crippen LogP contribution in [0.3, 0.4) is 0 Å². The molecule has 2 heterocycles. The second-order valence-corrected chi connectivity index (χ2v) is 8.51. The molecule has 1 aromatic carbocycles. The molecule has 152 valence electrons. The summed E-state index contributed by atoms with van der Waals surface area (Å²) in [5.41, 5.74) is 0.567. The summed E-state index contributed by atoms with van der Waals surface area (Å²) in [6.07, 6.45) is 3.93. The Bertz CT molecular complexity index is 946. The first-order chi connectivity index (χ1) is 13.2. The minimum absolute atomic E-state index is 0. The van der Waals surface area contributed by atoms with Crippen molar-refractivity contribution in [3.63, 3.8) is 0 Å². The largest absolute Gasteiger partial charge is 1.00 e. The van der Waals surface area contributed by atoms with Crippen LogP contribution in [0.4, 0.5) is 16.2 Å². The third-order valence-corrected chi connectivity index (χ3v) is 5.87. The normalized spacial score (nSPS) is 14.7. The monoisotopic (exact) mass is 469 g/mol. The molecule has 0 bridgehead atoms. The van der Waals surface area contributed by atoms with Gasteiger partial charge in [0, 0.05) is 42.5 Å². The van der Waals surface area contributed by atoms with E-state index in [9.17, 15) is 13.2 Å². The number of nitrogens with zero attached hydrogens (tertiary/aromatic N) is 4. The number of hydrogen-bond donors (Lipinski definition) is 1. The Morgan fingerprint density at radius 1 is 1.28 bits per heavy atom. The van der Waals surface area contributed by atoms with Gasteiger partial charge in [-0.05, 0) is 36.7 Å². The van der Waals surface area contributed by atoms with Gasteiger partial charge in [-0.3, -0.25) is 13.8 Å². The van der Waals surface area contributed by atoms with E-state index in [4.69, 9.17) is 27.9 Å². The number of anilines is 2. The van der Waals surface area contributed by atoms with E-state index in [0.29, 0.717) is 41.8 Å². The Kier molecular flexibility index (Phi) is 8.65. The van der Waals surface area contributed by atoms with E-state index in [1.165, 1.54) is 29.1 Å². The number of hydrogen-bond acceptors (Lipinski definition) is 5. The summed E-state index contributed by atoms with van der Waals surface area (Å²) in [4.78, 5) is 12.3. The summed E-state index contributed by atoms with van der Waals surface area (Å²) < 4.78 is 37.2. The van der Waals surface area contributed by atoms with E-state index in [0.717, 1.165) is 4.31 Å². The van der Waals surface area contributed by atoms with E-state index in [1.54, 1.807) is 13.2 Å². The van der Waals surface area contributed by atoms with Crippen molar-refractivity contribution in [3.8, 4) is 0 Å². The van der Waals surface area contributed by atoms with Gasteiger partial charge in [-0.2, -0.15) is 5.10 Å². The summed E-state index contributed by atoms with van der Waals surface area (Å²) in [6.45, 7) is 0.842. The van der Waals surface area contributed by atoms with Crippen LogP contribution >= 0.6 is 23.2 Å². The van der Waals surface area contributed by atoms with Gasteiger partial charge in [-0.1, -0.05) is 23.2 Å². The topological polar surface area (TPSA) is 108 Å². The standard InChI is InChI=1S/C16H19Cl2N5O4S.Na/c1-22-10-15(9-19-22)23(14-2-4-27-5-3-14)28(25,26)21-16(24)20-13-7-11(17)6-12(18)8-13;/h6-10,14H,2-5H2,1H3,(H2,20,21,24);/q;+1/p-1. The number of rotatable bonds is 5. The third kappa shape index (κ3) is 6.48. The second-order valence-electron chi connectivity index (χ2n) is 6.17. The Morgan fingerprint density at radius 2 is 1.90 bits per heavy atom. The zero-order valence-electron chi connectivity index (χ0n) is 15.9. The average molecular weight is 470 g/mol. The summed E-state index contributed by atoms with van der Waals surface area (Å²) in [7, 11) is -2.66. The molecule has 1 aromatic heterocycles. The molecular weight excluding hydrogens is 452 g/mol. The predicted octanol–water partition coefficient (Wildman–Crippen LogP) is 0.567. The van der Waals surface area contributed by atoms with Crippen molar-refractivity contribution in [1.29, 1.82) is 0 Å². The molecule has 29 heavy (non-hydrogen) atoms. The minimum atomic E-state index is -4.33. The molecule has 1 N–H and O–H groups in total. The van der Waals surface area contributed by atoms with Gasteiger partial charge in [0.25, 0.3) is 10.2 Å². The van der Waals surface area contributed by atoms with Crippen molar-refractivity contribution in [2.45, 2.75) is 18.9 Å². The van der Waals surface area contributed by atoms with Gasteiger partial charge in [-0.25, -0.2) is 8.42 Å². The Balaban J connectivity index is 0.00000300. The van der Waals surface area contributed by atoms with Crippen LogP contribution in [0.5, 0.6) is 0 Å². The molecule has 1 fully saturated rings. The summed E-state index contributed by atoms with van der Waals surface area (Å²) in [5, 5.41) is 6.98. The molecule has 2 amide bonds. The van der Waals surface area contributed by atoms with Gasteiger partial charge >= 0.3 is 29.6 Å². The van der Waals surface area contributed by atoms with Gasteiger partial charge in [0.2, 0.25) is 0 Å². The first kappa shape index (κ1) is 24.3. The molecule has 9 nitrogen and oxygen atoms in total. The molecule has 1 aliphatic heterocycles. The maximum Gasteiger partial charge on any atom is 1.00 e. The minimum Gasteiger partial charge on any atom is -0.423 e. The quantitative estimate of drug-likeness (QED) is 0.643. The molecule has 2 aromatic rings. The van der Waals surface area contributed by atoms with Crippen LogP contribution < -0.4 is 39.2 Å². The number of urea groups is 1. The van der Waals surface area contributed by atoms with Crippen molar-refractivity contribution in [3.05, 3.63) is 45.4 Å². The molecular formula is C16H18Cl2N5NaO4S. The van der Waals surface area contributed by atoms with Gasteiger partial charge in [0.15, 0.2) is 6.03 Å². The summed E-state index contributed by atoms with van der Waals surface area (Å²) in [6, 6.07) is 2.91. The van der Waals surface area contributed by atoms with Crippen LogP contribution in [-0.4, -0.2) is 43.5 Å². The van der Waals surface area contributed by atoms with Crippen LogP contribution in [0.2, 0.25) is 10.0 Å². The fourth-order valence-corrected chi connectivity index (χ4v) is 4.71. The van der Waals surface area contributed by atoms with Gasteiger partial charge in [-0.15, -0.1) is 0 Å². The molecule has 0 spiro atoms. The van der Waals surface area contributed by atoms with Crippen molar-refractivity contribution < 1.29 is 47.5 Å². The van der Waals surface area contributed by atoms with Crippen LogP contribution in [0, 0.1) is 0 Å². The Hall–Kier alpha value is -1.01. The zero-order chi connectivity index (χ0) is 20.3. The molecule has 0 atom stereocenters. The number of halogens is 2. The molecule has 3 rings (SSSR count). The number of carbonyl (C=O) groups excluding carboxylic acids is 1. The molecule has 0 aliphatic carbocycles. The average Bonchev–Trinajstić information content (AvgIpc) is 2.99. The van der Waals surface area contributed by atoms with E-state index >= 15 is 0 Å². The van der Waals surface area contributed by atoms with Crippen molar-refractivity contribution in [1.82, 2.24) is 9.78 Å². The summed E-state index contributed by atoms with van der Waals surface area (Å²) in [5.74, 6) is 0. The fraction of sp³-hybridized carbons (Fsp3) is 0.375. The van der Waals surface area contributed by atoms with Crippen molar-refractivity contribution >= 4 is 50.8 Å². The van der Waals surface area contributed by atoms with E-state index in [1.807, 2.05) is 0 Å². The third-order valence-electron chi connectivity index (χ3n) is 4.03. The number of nitrogens with one attached hydrogen (secondary N) is 1. The van der Waals surface area contributed by atoms with Gasteiger partial charge < -0.3 is 14.8 Å². The smallest absolute Gasteiger partial charge is 0.423 e. The Morgan fingerprint density at radius 3 is 2.45 bits per heavy atom. The predicted molar refractivity (Wildman–Crippen MR) is 107 cm³/mol. The number of aryl methyl sites for hydroxylation is 1.